The number of benzene rings is 1. The number of carbonyl (C=O) groups is 1. The van der Waals surface area contributed by atoms with E-state index in [0.717, 1.165) is 11.3 Å². The van der Waals surface area contributed by atoms with Crippen LogP contribution in [0.15, 0.2) is 34.5 Å². The van der Waals surface area contributed by atoms with Gasteiger partial charge in [-0.3, -0.25) is 4.79 Å². The SMILES string of the molecule is CSc1ccc(-c2csc(NC(=O)C3CCS(=O)(=O)C3)n2)cc1. The summed E-state index contributed by atoms with van der Waals surface area (Å²) in [6, 6.07) is 8.05. The molecular weight excluding hydrogens is 352 g/mol. The third kappa shape index (κ3) is 3.94. The van der Waals surface area contributed by atoms with Crippen LogP contribution >= 0.6 is 23.1 Å². The van der Waals surface area contributed by atoms with E-state index in [1.165, 1.54) is 16.2 Å². The highest BCUT2D eigenvalue weighted by Crippen LogP contribution is 2.28. The summed E-state index contributed by atoms with van der Waals surface area (Å²) in [6.07, 6.45) is 2.41. The Balaban J connectivity index is 1.68. The molecule has 0 spiro atoms. The molecule has 1 aromatic heterocycles. The fraction of sp³-hybridized carbons (Fsp3) is 0.333. The van der Waals surface area contributed by atoms with Crippen LogP contribution in [0.5, 0.6) is 0 Å². The van der Waals surface area contributed by atoms with E-state index < -0.39 is 15.8 Å². The van der Waals surface area contributed by atoms with Crippen molar-refractivity contribution in [2.75, 3.05) is 23.1 Å². The Hall–Kier alpha value is -1.38. The summed E-state index contributed by atoms with van der Waals surface area (Å²) in [5, 5.41) is 5.12. The largest absolute Gasteiger partial charge is 0.302 e. The van der Waals surface area contributed by atoms with E-state index in [4.69, 9.17) is 0 Å². The van der Waals surface area contributed by atoms with Crippen molar-refractivity contribution in [3.8, 4) is 11.3 Å². The Kier molecular flexibility index (Phi) is 4.74. The molecule has 1 N–H and O–H groups in total. The summed E-state index contributed by atoms with van der Waals surface area (Å²) >= 11 is 3.02. The average molecular weight is 369 g/mol. The highest BCUT2D eigenvalue weighted by molar-refractivity contribution is 7.98. The monoisotopic (exact) mass is 368 g/mol. The molecule has 1 atom stereocenters. The second kappa shape index (κ2) is 6.62. The molecular formula is C15H16N2O3S3. The highest BCUT2D eigenvalue weighted by Gasteiger charge is 2.33. The number of rotatable bonds is 4. The van der Waals surface area contributed by atoms with Crippen LogP contribution < -0.4 is 5.32 Å². The lowest BCUT2D eigenvalue weighted by atomic mass is 10.1. The molecule has 8 heteroatoms. The van der Waals surface area contributed by atoms with E-state index in [9.17, 15) is 13.2 Å². The number of anilines is 1. The molecule has 0 radical (unpaired) electrons. The molecule has 0 bridgehead atoms. The molecule has 122 valence electrons. The van der Waals surface area contributed by atoms with Crippen molar-refractivity contribution in [1.29, 1.82) is 0 Å². The van der Waals surface area contributed by atoms with Gasteiger partial charge in [-0.25, -0.2) is 13.4 Å². The van der Waals surface area contributed by atoms with Gasteiger partial charge in [-0.2, -0.15) is 0 Å². The highest BCUT2D eigenvalue weighted by atomic mass is 32.2. The first-order valence-electron chi connectivity index (χ1n) is 7.08. The predicted molar refractivity (Wildman–Crippen MR) is 94.7 cm³/mol. The summed E-state index contributed by atoms with van der Waals surface area (Å²) in [5.74, 6) is -0.693. The molecule has 1 aliphatic rings. The molecule has 1 unspecified atom stereocenters. The number of carbonyl (C=O) groups excluding carboxylic acids is 1. The zero-order valence-electron chi connectivity index (χ0n) is 12.5. The van der Waals surface area contributed by atoms with Crippen molar-refractivity contribution in [1.82, 2.24) is 4.98 Å². The molecule has 1 aliphatic heterocycles. The Labute approximate surface area is 143 Å². The van der Waals surface area contributed by atoms with Gasteiger partial charge in [0.2, 0.25) is 5.91 Å². The molecule has 2 heterocycles. The van der Waals surface area contributed by atoms with Crippen molar-refractivity contribution < 1.29 is 13.2 Å². The normalized spacial score (nSPS) is 19.6. The lowest BCUT2D eigenvalue weighted by molar-refractivity contribution is -0.119. The van der Waals surface area contributed by atoms with Gasteiger partial charge in [0, 0.05) is 15.8 Å². The van der Waals surface area contributed by atoms with Gasteiger partial charge in [-0.1, -0.05) is 12.1 Å². The zero-order valence-corrected chi connectivity index (χ0v) is 14.9. The van der Waals surface area contributed by atoms with Gasteiger partial charge in [0.1, 0.15) is 0 Å². The number of hydrogen-bond acceptors (Lipinski definition) is 6. The van der Waals surface area contributed by atoms with Crippen LogP contribution in [0.4, 0.5) is 5.13 Å². The molecule has 0 aliphatic carbocycles. The Bertz CT molecular complexity index is 813. The summed E-state index contributed by atoms with van der Waals surface area (Å²) in [7, 11) is -3.06. The van der Waals surface area contributed by atoms with Gasteiger partial charge in [-0.15, -0.1) is 23.1 Å². The maximum Gasteiger partial charge on any atom is 0.230 e. The number of thioether (sulfide) groups is 1. The number of amides is 1. The second-order valence-corrected chi connectivity index (χ2v) is 9.32. The molecule has 1 fully saturated rings. The van der Waals surface area contributed by atoms with E-state index in [0.29, 0.717) is 11.6 Å². The van der Waals surface area contributed by atoms with Gasteiger partial charge in [-0.05, 0) is 24.8 Å². The van der Waals surface area contributed by atoms with Gasteiger partial charge in [0.05, 0.1) is 23.1 Å². The number of hydrogen-bond donors (Lipinski definition) is 1. The van der Waals surface area contributed by atoms with Crippen molar-refractivity contribution in [2.24, 2.45) is 5.92 Å². The topological polar surface area (TPSA) is 76.1 Å². The first kappa shape index (κ1) is 16.5. The smallest absolute Gasteiger partial charge is 0.230 e. The van der Waals surface area contributed by atoms with Crippen molar-refractivity contribution in [3.05, 3.63) is 29.6 Å². The maximum absolute atomic E-state index is 12.1. The molecule has 23 heavy (non-hydrogen) atoms. The number of sulfone groups is 1. The lowest BCUT2D eigenvalue weighted by Crippen LogP contribution is -2.23. The summed E-state index contributed by atoms with van der Waals surface area (Å²) in [4.78, 5) is 17.7. The molecule has 5 nitrogen and oxygen atoms in total. The van der Waals surface area contributed by atoms with E-state index in [1.54, 1.807) is 11.8 Å². The Morgan fingerprint density at radius 2 is 2.09 bits per heavy atom. The third-order valence-electron chi connectivity index (χ3n) is 3.72. The number of nitrogens with one attached hydrogen (secondary N) is 1. The van der Waals surface area contributed by atoms with Gasteiger partial charge in [0.25, 0.3) is 0 Å². The quantitative estimate of drug-likeness (QED) is 0.840. The van der Waals surface area contributed by atoms with E-state index in [-0.39, 0.29) is 17.4 Å². The fourth-order valence-electron chi connectivity index (χ4n) is 2.43. The minimum Gasteiger partial charge on any atom is -0.302 e. The molecule has 0 saturated carbocycles. The van der Waals surface area contributed by atoms with Crippen LogP contribution in [0.2, 0.25) is 0 Å². The summed E-state index contributed by atoms with van der Waals surface area (Å²) in [5.41, 5.74) is 1.79. The van der Waals surface area contributed by atoms with Crippen LogP contribution in [-0.4, -0.2) is 37.1 Å². The van der Waals surface area contributed by atoms with Crippen LogP contribution in [-0.2, 0) is 14.6 Å². The minimum absolute atomic E-state index is 0.0623. The predicted octanol–water partition coefficient (Wildman–Crippen LogP) is 2.91. The molecule has 1 aromatic carbocycles. The van der Waals surface area contributed by atoms with Crippen LogP contribution in [0.3, 0.4) is 0 Å². The number of thiazole rings is 1. The lowest BCUT2D eigenvalue weighted by Gasteiger charge is -2.06. The van der Waals surface area contributed by atoms with Crippen LogP contribution in [0.25, 0.3) is 11.3 Å². The number of aromatic nitrogens is 1. The van der Waals surface area contributed by atoms with Crippen molar-refractivity contribution in [3.63, 3.8) is 0 Å². The van der Waals surface area contributed by atoms with Crippen LogP contribution in [0, 0.1) is 5.92 Å². The van der Waals surface area contributed by atoms with Gasteiger partial charge >= 0.3 is 0 Å². The standard InChI is InChI=1S/C15H16N2O3S3/c1-21-12-4-2-10(3-5-12)13-8-22-15(16-13)17-14(18)11-6-7-23(19,20)9-11/h2-5,8,11H,6-7,9H2,1H3,(H,16,17,18). The maximum atomic E-state index is 12.1. The fourth-order valence-corrected chi connectivity index (χ4v) is 5.31. The molecule has 2 aromatic rings. The van der Waals surface area contributed by atoms with Crippen molar-refractivity contribution >= 4 is 44.0 Å². The summed E-state index contributed by atoms with van der Waals surface area (Å²) < 4.78 is 22.9. The third-order valence-corrected chi connectivity index (χ3v) is 6.99. The molecule has 3 rings (SSSR count). The van der Waals surface area contributed by atoms with Gasteiger partial charge in [0.15, 0.2) is 15.0 Å². The Morgan fingerprint density at radius 1 is 1.35 bits per heavy atom. The van der Waals surface area contributed by atoms with E-state index >= 15 is 0 Å². The first-order chi connectivity index (χ1) is 11.0. The average Bonchev–Trinajstić information content (AvgIpc) is 3.14. The van der Waals surface area contributed by atoms with Crippen LogP contribution in [0.1, 0.15) is 6.42 Å². The van der Waals surface area contributed by atoms with Gasteiger partial charge < -0.3 is 5.32 Å². The van der Waals surface area contributed by atoms with E-state index in [2.05, 4.69) is 10.3 Å². The van der Waals surface area contributed by atoms with E-state index in [1.807, 2.05) is 35.9 Å². The second-order valence-electron chi connectivity index (χ2n) is 5.36. The minimum atomic E-state index is -3.06. The number of nitrogens with zero attached hydrogens (tertiary/aromatic N) is 1. The first-order valence-corrected chi connectivity index (χ1v) is 11.0. The Morgan fingerprint density at radius 3 is 2.70 bits per heavy atom. The summed E-state index contributed by atoms with van der Waals surface area (Å²) in [6.45, 7) is 0. The van der Waals surface area contributed by atoms with Crippen molar-refractivity contribution in [2.45, 2.75) is 11.3 Å². The molecule has 1 amide bonds. The molecule has 1 saturated heterocycles. The zero-order chi connectivity index (χ0) is 16.4.